The van der Waals surface area contributed by atoms with E-state index in [4.69, 9.17) is 0 Å². The molecule has 2 unspecified atom stereocenters. The first-order valence-electron chi connectivity index (χ1n) is 7.88. The smallest absolute Gasteiger partial charge is 0.254 e. The topological polar surface area (TPSA) is 62.2 Å². The molecule has 1 aliphatic rings. The zero-order valence-electron chi connectivity index (χ0n) is 12.8. The van der Waals surface area contributed by atoms with Crippen LogP contribution in [0.3, 0.4) is 0 Å². The Morgan fingerprint density at radius 3 is 2.78 bits per heavy atom. The normalized spacial score (nSPS) is 20.4. The molecular formula is C18H20N2O2S. The van der Waals surface area contributed by atoms with Crippen LogP contribution in [-0.2, 0) is 0 Å². The summed E-state index contributed by atoms with van der Waals surface area (Å²) in [5.74, 6) is 0.0384. The number of benzene rings is 1. The van der Waals surface area contributed by atoms with Gasteiger partial charge in [-0.05, 0) is 37.1 Å². The van der Waals surface area contributed by atoms with Crippen molar-refractivity contribution in [3.63, 3.8) is 0 Å². The Bertz CT molecular complexity index is 663. The summed E-state index contributed by atoms with van der Waals surface area (Å²) in [5.41, 5.74) is 0.578. The van der Waals surface area contributed by atoms with Gasteiger partial charge < -0.3 is 10.4 Å². The van der Waals surface area contributed by atoms with Crippen LogP contribution in [0.15, 0.2) is 58.6 Å². The SMILES string of the molecule is O=C(NCC1CCCC1O)c1cccnc1Sc1ccccc1. The molecule has 2 aromatic rings. The van der Waals surface area contributed by atoms with Crippen molar-refractivity contribution in [2.45, 2.75) is 35.3 Å². The lowest BCUT2D eigenvalue weighted by Crippen LogP contribution is -2.32. The molecule has 1 aromatic heterocycles. The minimum Gasteiger partial charge on any atom is -0.393 e. The fraction of sp³-hybridized carbons (Fsp3) is 0.333. The van der Waals surface area contributed by atoms with Crippen LogP contribution in [0.5, 0.6) is 0 Å². The number of hydrogen-bond donors (Lipinski definition) is 2. The molecule has 1 saturated carbocycles. The Labute approximate surface area is 140 Å². The molecular weight excluding hydrogens is 308 g/mol. The van der Waals surface area contributed by atoms with E-state index < -0.39 is 0 Å². The molecule has 0 bridgehead atoms. The van der Waals surface area contributed by atoms with E-state index in [9.17, 15) is 9.90 Å². The second kappa shape index (κ2) is 7.62. The van der Waals surface area contributed by atoms with Crippen molar-refractivity contribution in [2.24, 2.45) is 5.92 Å². The summed E-state index contributed by atoms with van der Waals surface area (Å²) in [7, 11) is 0. The summed E-state index contributed by atoms with van der Waals surface area (Å²) in [6.45, 7) is 0.518. The summed E-state index contributed by atoms with van der Waals surface area (Å²) in [5, 5.41) is 13.5. The van der Waals surface area contributed by atoms with Gasteiger partial charge in [0.15, 0.2) is 0 Å². The van der Waals surface area contributed by atoms with Crippen LogP contribution in [0.25, 0.3) is 0 Å². The highest BCUT2D eigenvalue weighted by Gasteiger charge is 2.25. The lowest BCUT2D eigenvalue weighted by atomic mass is 10.1. The predicted octanol–water partition coefficient (Wildman–Crippen LogP) is 3.12. The van der Waals surface area contributed by atoms with Crippen molar-refractivity contribution < 1.29 is 9.90 Å². The van der Waals surface area contributed by atoms with Crippen molar-refractivity contribution >= 4 is 17.7 Å². The molecule has 4 nitrogen and oxygen atoms in total. The third kappa shape index (κ3) is 4.12. The van der Waals surface area contributed by atoms with E-state index in [1.54, 1.807) is 18.3 Å². The molecule has 2 N–H and O–H groups in total. The molecule has 1 amide bonds. The number of rotatable bonds is 5. The molecule has 0 spiro atoms. The summed E-state index contributed by atoms with van der Waals surface area (Å²) in [4.78, 5) is 17.9. The van der Waals surface area contributed by atoms with Crippen LogP contribution in [-0.4, -0.2) is 28.6 Å². The fourth-order valence-corrected chi connectivity index (χ4v) is 3.72. The predicted molar refractivity (Wildman–Crippen MR) is 90.5 cm³/mol. The van der Waals surface area contributed by atoms with Gasteiger partial charge in [0, 0.05) is 23.6 Å². The first kappa shape index (κ1) is 16.0. The molecule has 5 heteroatoms. The van der Waals surface area contributed by atoms with E-state index in [1.165, 1.54) is 11.8 Å². The van der Waals surface area contributed by atoms with Gasteiger partial charge in [0.1, 0.15) is 5.03 Å². The summed E-state index contributed by atoms with van der Waals surface area (Å²) >= 11 is 1.48. The number of carbonyl (C=O) groups excluding carboxylic acids is 1. The monoisotopic (exact) mass is 328 g/mol. The number of aromatic nitrogens is 1. The van der Waals surface area contributed by atoms with E-state index >= 15 is 0 Å². The van der Waals surface area contributed by atoms with Crippen LogP contribution >= 0.6 is 11.8 Å². The molecule has 1 aliphatic carbocycles. The fourth-order valence-electron chi connectivity index (χ4n) is 2.82. The molecule has 2 atom stereocenters. The second-order valence-corrected chi connectivity index (χ2v) is 6.80. The van der Waals surface area contributed by atoms with Gasteiger partial charge in [0.05, 0.1) is 11.7 Å². The minimum atomic E-state index is -0.289. The Kier molecular flexibility index (Phi) is 5.31. The van der Waals surface area contributed by atoms with Crippen molar-refractivity contribution in [3.05, 3.63) is 54.2 Å². The largest absolute Gasteiger partial charge is 0.393 e. The van der Waals surface area contributed by atoms with E-state index in [1.807, 2.05) is 30.3 Å². The first-order valence-corrected chi connectivity index (χ1v) is 8.70. The van der Waals surface area contributed by atoms with Gasteiger partial charge in [-0.3, -0.25) is 4.79 Å². The maximum atomic E-state index is 12.5. The van der Waals surface area contributed by atoms with Crippen molar-refractivity contribution in [2.75, 3.05) is 6.54 Å². The lowest BCUT2D eigenvalue weighted by Gasteiger charge is -2.15. The minimum absolute atomic E-state index is 0.129. The van der Waals surface area contributed by atoms with Gasteiger partial charge >= 0.3 is 0 Å². The Morgan fingerprint density at radius 2 is 2.04 bits per heavy atom. The number of nitrogens with one attached hydrogen (secondary N) is 1. The summed E-state index contributed by atoms with van der Waals surface area (Å²) in [6, 6.07) is 13.4. The van der Waals surface area contributed by atoms with Gasteiger partial charge in [-0.1, -0.05) is 36.4 Å². The maximum Gasteiger partial charge on any atom is 0.254 e. The summed E-state index contributed by atoms with van der Waals surface area (Å²) < 4.78 is 0. The Morgan fingerprint density at radius 1 is 1.22 bits per heavy atom. The molecule has 0 aliphatic heterocycles. The van der Waals surface area contributed by atoms with E-state index in [2.05, 4.69) is 10.3 Å². The highest BCUT2D eigenvalue weighted by molar-refractivity contribution is 7.99. The van der Waals surface area contributed by atoms with Crippen LogP contribution in [0.2, 0.25) is 0 Å². The van der Waals surface area contributed by atoms with Crippen molar-refractivity contribution in [1.29, 1.82) is 0 Å². The van der Waals surface area contributed by atoms with Crippen LogP contribution in [0.4, 0.5) is 0 Å². The molecule has 23 heavy (non-hydrogen) atoms. The average Bonchev–Trinajstić information content (AvgIpc) is 2.99. The molecule has 120 valence electrons. The zero-order chi connectivity index (χ0) is 16.1. The van der Waals surface area contributed by atoms with Crippen LogP contribution in [0.1, 0.15) is 29.6 Å². The molecule has 3 rings (SSSR count). The van der Waals surface area contributed by atoms with Gasteiger partial charge in [0.2, 0.25) is 0 Å². The quantitative estimate of drug-likeness (QED) is 0.885. The van der Waals surface area contributed by atoms with E-state index in [-0.39, 0.29) is 17.9 Å². The molecule has 1 aromatic carbocycles. The van der Waals surface area contributed by atoms with E-state index in [0.717, 1.165) is 24.2 Å². The number of hydrogen-bond acceptors (Lipinski definition) is 4. The Balaban J connectivity index is 1.68. The van der Waals surface area contributed by atoms with Crippen molar-refractivity contribution in [3.8, 4) is 0 Å². The standard InChI is InChI=1S/C18H20N2O2S/c21-16-10-4-6-13(16)12-20-17(22)15-9-5-11-19-18(15)23-14-7-2-1-3-8-14/h1-3,5,7-9,11,13,16,21H,4,6,10,12H2,(H,20,22). The van der Waals surface area contributed by atoms with Crippen LogP contribution < -0.4 is 5.32 Å². The number of carbonyl (C=O) groups is 1. The third-order valence-electron chi connectivity index (χ3n) is 4.12. The lowest BCUT2D eigenvalue weighted by molar-refractivity contribution is 0.0913. The third-order valence-corrected chi connectivity index (χ3v) is 5.14. The average molecular weight is 328 g/mol. The Hall–Kier alpha value is -1.85. The number of aliphatic hydroxyl groups is 1. The summed E-state index contributed by atoms with van der Waals surface area (Å²) in [6.07, 6.45) is 4.25. The number of amides is 1. The first-order chi connectivity index (χ1) is 11.2. The highest BCUT2D eigenvalue weighted by atomic mass is 32.2. The molecule has 1 heterocycles. The van der Waals surface area contributed by atoms with E-state index in [0.29, 0.717) is 17.1 Å². The van der Waals surface area contributed by atoms with Gasteiger partial charge in [-0.2, -0.15) is 0 Å². The van der Waals surface area contributed by atoms with Gasteiger partial charge in [-0.15, -0.1) is 0 Å². The zero-order valence-corrected chi connectivity index (χ0v) is 13.6. The van der Waals surface area contributed by atoms with Gasteiger partial charge in [-0.25, -0.2) is 4.98 Å². The number of nitrogens with zero attached hydrogens (tertiary/aromatic N) is 1. The van der Waals surface area contributed by atoms with Crippen LogP contribution in [0, 0.1) is 5.92 Å². The maximum absolute atomic E-state index is 12.5. The van der Waals surface area contributed by atoms with Gasteiger partial charge in [0.25, 0.3) is 5.91 Å². The highest BCUT2D eigenvalue weighted by Crippen LogP contribution is 2.28. The number of aliphatic hydroxyl groups excluding tert-OH is 1. The molecule has 0 radical (unpaired) electrons. The van der Waals surface area contributed by atoms with Crippen molar-refractivity contribution in [1.82, 2.24) is 10.3 Å². The second-order valence-electron chi connectivity index (χ2n) is 5.74. The molecule has 1 fully saturated rings. The number of pyridine rings is 1. The molecule has 0 saturated heterocycles.